The summed E-state index contributed by atoms with van der Waals surface area (Å²) in [5.74, 6) is 0.502. The number of rotatable bonds is 8. The van der Waals surface area contributed by atoms with Gasteiger partial charge in [0.15, 0.2) is 0 Å². The fourth-order valence-corrected chi connectivity index (χ4v) is 2.19. The predicted octanol–water partition coefficient (Wildman–Crippen LogP) is 3.31. The molecule has 4 heteroatoms. The highest BCUT2D eigenvalue weighted by Crippen LogP contribution is 2.14. The van der Waals surface area contributed by atoms with Crippen molar-refractivity contribution in [3.8, 4) is 0 Å². The van der Waals surface area contributed by atoms with Crippen molar-refractivity contribution in [3.05, 3.63) is 34.1 Å². The summed E-state index contributed by atoms with van der Waals surface area (Å²) >= 11 is 3.29. The maximum absolute atomic E-state index is 13.1. The molecule has 0 aliphatic heterocycles. The molecule has 0 aromatic heterocycles. The normalized spacial score (nSPS) is 11.2. The van der Waals surface area contributed by atoms with Gasteiger partial charge in [0.25, 0.3) is 0 Å². The lowest BCUT2D eigenvalue weighted by Gasteiger charge is -2.08. The summed E-state index contributed by atoms with van der Waals surface area (Å²) in [6, 6.07) is 4.97. The Labute approximate surface area is 117 Å². The molecule has 2 N–H and O–H groups in total. The minimum absolute atomic E-state index is 0.195. The van der Waals surface area contributed by atoms with E-state index in [4.69, 9.17) is 0 Å². The first kappa shape index (κ1) is 15.6. The quantitative estimate of drug-likeness (QED) is 0.719. The van der Waals surface area contributed by atoms with Gasteiger partial charge in [-0.1, -0.05) is 29.8 Å². The second kappa shape index (κ2) is 8.62. The Morgan fingerprint density at radius 1 is 1.17 bits per heavy atom. The average Bonchev–Trinajstić information content (AvgIpc) is 2.26. The third-order valence-electron chi connectivity index (χ3n) is 2.51. The SMILES string of the molecule is CC(C)CNCCCNCc1cc(F)cc(Br)c1. The van der Waals surface area contributed by atoms with Crippen LogP contribution in [-0.2, 0) is 6.54 Å². The van der Waals surface area contributed by atoms with Crippen LogP contribution in [0.25, 0.3) is 0 Å². The van der Waals surface area contributed by atoms with Crippen LogP contribution in [0.15, 0.2) is 22.7 Å². The molecule has 0 radical (unpaired) electrons. The van der Waals surface area contributed by atoms with Crippen LogP contribution in [0.2, 0.25) is 0 Å². The van der Waals surface area contributed by atoms with Gasteiger partial charge < -0.3 is 10.6 Å². The van der Waals surface area contributed by atoms with Gasteiger partial charge in [0.2, 0.25) is 0 Å². The molecule has 0 saturated carbocycles. The van der Waals surface area contributed by atoms with Crippen LogP contribution in [0.4, 0.5) is 4.39 Å². The number of halogens is 2. The van der Waals surface area contributed by atoms with Crippen molar-refractivity contribution in [2.45, 2.75) is 26.8 Å². The van der Waals surface area contributed by atoms with Crippen LogP contribution in [-0.4, -0.2) is 19.6 Å². The van der Waals surface area contributed by atoms with Crippen molar-refractivity contribution in [3.63, 3.8) is 0 Å². The first-order valence-electron chi connectivity index (χ1n) is 6.44. The molecular weight excluding hydrogens is 295 g/mol. The number of nitrogens with one attached hydrogen (secondary N) is 2. The van der Waals surface area contributed by atoms with Crippen molar-refractivity contribution in [1.29, 1.82) is 0 Å². The lowest BCUT2D eigenvalue weighted by molar-refractivity contribution is 0.530. The van der Waals surface area contributed by atoms with E-state index in [0.29, 0.717) is 12.5 Å². The predicted molar refractivity (Wildman–Crippen MR) is 78.1 cm³/mol. The number of benzene rings is 1. The molecule has 0 bridgehead atoms. The molecule has 0 saturated heterocycles. The number of hydrogen-bond donors (Lipinski definition) is 2. The Hall–Kier alpha value is -0.450. The highest BCUT2D eigenvalue weighted by Gasteiger charge is 1.98. The van der Waals surface area contributed by atoms with E-state index < -0.39 is 0 Å². The fraction of sp³-hybridized carbons (Fsp3) is 0.571. The summed E-state index contributed by atoms with van der Waals surface area (Å²) in [5, 5.41) is 6.71. The number of hydrogen-bond acceptors (Lipinski definition) is 2. The summed E-state index contributed by atoms with van der Waals surface area (Å²) < 4.78 is 13.9. The van der Waals surface area contributed by atoms with Gasteiger partial charge in [-0.15, -0.1) is 0 Å². The lowest BCUT2D eigenvalue weighted by Crippen LogP contribution is -2.24. The fourth-order valence-electron chi connectivity index (χ4n) is 1.67. The van der Waals surface area contributed by atoms with Crippen LogP contribution in [0.1, 0.15) is 25.8 Å². The summed E-state index contributed by atoms with van der Waals surface area (Å²) in [7, 11) is 0. The molecule has 102 valence electrons. The Balaban J connectivity index is 2.10. The third-order valence-corrected chi connectivity index (χ3v) is 2.97. The van der Waals surface area contributed by atoms with Crippen LogP contribution < -0.4 is 10.6 Å². The zero-order valence-electron chi connectivity index (χ0n) is 11.1. The molecule has 0 aliphatic carbocycles. The van der Waals surface area contributed by atoms with E-state index in [1.807, 2.05) is 6.07 Å². The monoisotopic (exact) mass is 316 g/mol. The minimum atomic E-state index is -0.195. The zero-order chi connectivity index (χ0) is 13.4. The first-order chi connectivity index (χ1) is 8.58. The molecule has 1 aromatic rings. The van der Waals surface area contributed by atoms with E-state index in [2.05, 4.69) is 40.4 Å². The van der Waals surface area contributed by atoms with E-state index in [1.54, 1.807) is 6.07 Å². The maximum atomic E-state index is 13.1. The molecule has 0 amide bonds. The largest absolute Gasteiger partial charge is 0.316 e. The van der Waals surface area contributed by atoms with Crippen LogP contribution >= 0.6 is 15.9 Å². The van der Waals surface area contributed by atoms with Gasteiger partial charge in [-0.3, -0.25) is 0 Å². The second-order valence-electron chi connectivity index (χ2n) is 4.91. The average molecular weight is 317 g/mol. The Morgan fingerprint density at radius 3 is 2.56 bits per heavy atom. The van der Waals surface area contributed by atoms with Crippen molar-refractivity contribution >= 4 is 15.9 Å². The smallest absolute Gasteiger partial charge is 0.124 e. The van der Waals surface area contributed by atoms with Crippen LogP contribution in [0.5, 0.6) is 0 Å². The Morgan fingerprint density at radius 2 is 1.89 bits per heavy atom. The van der Waals surface area contributed by atoms with Gasteiger partial charge in [0, 0.05) is 11.0 Å². The lowest BCUT2D eigenvalue weighted by atomic mass is 10.2. The molecule has 1 aromatic carbocycles. The van der Waals surface area contributed by atoms with E-state index >= 15 is 0 Å². The van der Waals surface area contributed by atoms with Gasteiger partial charge in [-0.05, 0) is 55.7 Å². The van der Waals surface area contributed by atoms with Gasteiger partial charge >= 0.3 is 0 Å². The minimum Gasteiger partial charge on any atom is -0.316 e. The van der Waals surface area contributed by atoms with E-state index in [9.17, 15) is 4.39 Å². The third kappa shape index (κ3) is 7.09. The zero-order valence-corrected chi connectivity index (χ0v) is 12.7. The maximum Gasteiger partial charge on any atom is 0.124 e. The van der Waals surface area contributed by atoms with E-state index in [-0.39, 0.29) is 5.82 Å². The van der Waals surface area contributed by atoms with Crippen molar-refractivity contribution in [1.82, 2.24) is 10.6 Å². The molecule has 0 atom stereocenters. The van der Waals surface area contributed by atoms with E-state index in [0.717, 1.165) is 36.1 Å². The van der Waals surface area contributed by atoms with Gasteiger partial charge in [0.05, 0.1) is 0 Å². The summed E-state index contributed by atoms with van der Waals surface area (Å²) in [6.07, 6.45) is 1.09. The van der Waals surface area contributed by atoms with Gasteiger partial charge in [-0.2, -0.15) is 0 Å². The standard InChI is InChI=1S/C14H22BrFN2/c1-11(2)9-17-4-3-5-18-10-12-6-13(15)8-14(16)7-12/h6-8,11,17-18H,3-5,9-10H2,1-2H3. The van der Waals surface area contributed by atoms with Gasteiger partial charge in [-0.25, -0.2) is 4.39 Å². The molecule has 18 heavy (non-hydrogen) atoms. The Kier molecular flexibility index (Phi) is 7.47. The first-order valence-corrected chi connectivity index (χ1v) is 7.23. The molecule has 0 unspecified atom stereocenters. The molecule has 0 heterocycles. The molecule has 0 fully saturated rings. The van der Waals surface area contributed by atoms with Gasteiger partial charge in [0.1, 0.15) is 5.82 Å². The Bertz CT molecular complexity index is 335. The molecule has 2 nitrogen and oxygen atoms in total. The molecule has 0 aliphatic rings. The topological polar surface area (TPSA) is 24.1 Å². The van der Waals surface area contributed by atoms with Crippen molar-refractivity contribution in [2.75, 3.05) is 19.6 Å². The van der Waals surface area contributed by atoms with E-state index in [1.165, 1.54) is 6.07 Å². The van der Waals surface area contributed by atoms with Crippen molar-refractivity contribution in [2.24, 2.45) is 5.92 Å². The van der Waals surface area contributed by atoms with Crippen molar-refractivity contribution < 1.29 is 4.39 Å². The molecule has 0 spiro atoms. The van der Waals surface area contributed by atoms with Crippen LogP contribution in [0.3, 0.4) is 0 Å². The van der Waals surface area contributed by atoms with Crippen LogP contribution in [0, 0.1) is 11.7 Å². The second-order valence-corrected chi connectivity index (χ2v) is 5.82. The summed E-state index contributed by atoms with van der Waals surface area (Å²) in [5.41, 5.74) is 0.969. The summed E-state index contributed by atoms with van der Waals surface area (Å²) in [6.45, 7) is 8.15. The molecule has 1 rings (SSSR count). The molecular formula is C14H22BrFN2. The summed E-state index contributed by atoms with van der Waals surface area (Å²) in [4.78, 5) is 0. The highest BCUT2D eigenvalue weighted by atomic mass is 79.9. The highest BCUT2D eigenvalue weighted by molar-refractivity contribution is 9.10.